The molecule has 2 fully saturated rings. The first kappa shape index (κ1) is 15.0. The first-order chi connectivity index (χ1) is 10.2. The van der Waals surface area contributed by atoms with Crippen molar-refractivity contribution in [3.8, 4) is 0 Å². The van der Waals surface area contributed by atoms with Gasteiger partial charge in [0.2, 0.25) is 0 Å². The highest BCUT2D eigenvalue weighted by Crippen LogP contribution is 2.28. The van der Waals surface area contributed by atoms with E-state index in [0.29, 0.717) is 12.1 Å². The third kappa shape index (κ3) is 3.16. The highest BCUT2D eigenvalue weighted by atomic mass is 32.1. The lowest BCUT2D eigenvalue weighted by atomic mass is 9.99. The summed E-state index contributed by atoms with van der Waals surface area (Å²) in [6, 6.07) is 3.04. The van der Waals surface area contributed by atoms with Gasteiger partial charge < -0.3 is 5.32 Å². The number of hydrogen-bond acceptors (Lipinski definition) is 3. The quantitative estimate of drug-likeness (QED) is 0.925. The van der Waals surface area contributed by atoms with Crippen LogP contribution in [0.4, 0.5) is 0 Å². The molecule has 21 heavy (non-hydrogen) atoms. The van der Waals surface area contributed by atoms with E-state index >= 15 is 0 Å². The lowest BCUT2D eigenvalue weighted by molar-refractivity contribution is 0.0919. The summed E-state index contributed by atoms with van der Waals surface area (Å²) in [7, 11) is 0. The number of fused-ring (bicyclic) bond motifs is 1. The number of amides is 1. The summed E-state index contributed by atoms with van der Waals surface area (Å²) < 4.78 is 0. The van der Waals surface area contributed by atoms with Gasteiger partial charge in [-0.25, -0.2) is 0 Å². The molecule has 0 bridgehead atoms. The zero-order valence-electron chi connectivity index (χ0n) is 13.2. The van der Waals surface area contributed by atoms with Crippen LogP contribution < -0.4 is 5.32 Å². The number of nitrogens with one attached hydrogen (secondary N) is 1. The Labute approximate surface area is 131 Å². The number of aryl methyl sites for hydroxylation is 2. The van der Waals surface area contributed by atoms with Gasteiger partial charge in [-0.1, -0.05) is 19.8 Å². The first-order valence-electron chi connectivity index (χ1n) is 8.33. The van der Waals surface area contributed by atoms with E-state index in [-0.39, 0.29) is 5.91 Å². The summed E-state index contributed by atoms with van der Waals surface area (Å²) in [6.45, 7) is 6.69. The number of rotatable bonds is 4. The molecule has 3 nitrogen and oxygen atoms in total. The predicted molar refractivity (Wildman–Crippen MR) is 88.1 cm³/mol. The Bertz CT molecular complexity index is 511. The van der Waals surface area contributed by atoms with Crippen LogP contribution in [0.25, 0.3) is 0 Å². The molecule has 1 aromatic heterocycles. The topological polar surface area (TPSA) is 32.3 Å². The highest BCUT2D eigenvalue weighted by molar-refractivity contribution is 7.14. The molecular weight excluding hydrogens is 280 g/mol. The third-order valence-electron chi connectivity index (χ3n) is 4.94. The molecule has 2 aliphatic heterocycles. The Morgan fingerprint density at radius 1 is 1.38 bits per heavy atom. The molecule has 3 rings (SSSR count). The fourth-order valence-corrected chi connectivity index (χ4v) is 4.78. The van der Waals surface area contributed by atoms with E-state index in [1.807, 2.05) is 0 Å². The summed E-state index contributed by atoms with van der Waals surface area (Å²) in [5, 5.41) is 3.31. The minimum atomic E-state index is 0.142. The van der Waals surface area contributed by atoms with E-state index in [0.717, 1.165) is 30.7 Å². The van der Waals surface area contributed by atoms with Crippen LogP contribution in [0, 0.1) is 6.92 Å². The predicted octanol–water partition coefficient (Wildman–Crippen LogP) is 3.37. The standard InChI is InChI=1S/C17H26N2OS/c1-3-6-13-11-16(21-12(13)2)17(20)18-14-8-10-19-9-5-4-7-15(14)19/h11,14-15H,3-10H2,1-2H3,(H,18,20)/t14-,15+/m1/s1. The maximum absolute atomic E-state index is 12.5. The second-order valence-corrected chi connectivity index (χ2v) is 7.67. The number of thiophene rings is 1. The van der Waals surface area contributed by atoms with E-state index < -0.39 is 0 Å². The van der Waals surface area contributed by atoms with Gasteiger partial charge in [-0.3, -0.25) is 9.69 Å². The van der Waals surface area contributed by atoms with Crippen molar-refractivity contribution in [1.29, 1.82) is 0 Å². The summed E-state index contributed by atoms with van der Waals surface area (Å²) in [5.74, 6) is 0.142. The van der Waals surface area contributed by atoms with Crippen molar-refractivity contribution < 1.29 is 4.79 Å². The molecule has 0 radical (unpaired) electrons. The zero-order chi connectivity index (χ0) is 14.8. The second kappa shape index (κ2) is 6.49. The monoisotopic (exact) mass is 306 g/mol. The Balaban J connectivity index is 1.64. The maximum atomic E-state index is 12.5. The molecule has 0 aliphatic carbocycles. The lowest BCUT2D eigenvalue weighted by Gasteiger charge is -2.32. The number of carbonyl (C=O) groups excluding carboxylic acids is 1. The maximum Gasteiger partial charge on any atom is 0.261 e. The summed E-state index contributed by atoms with van der Waals surface area (Å²) in [6.07, 6.45) is 7.21. The first-order valence-corrected chi connectivity index (χ1v) is 9.15. The van der Waals surface area contributed by atoms with Gasteiger partial charge >= 0.3 is 0 Å². The second-order valence-electron chi connectivity index (χ2n) is 6.41. The van der Waals surface area contributed by atoms with Crippen molar-refractivity contribution in [2.75, 3.05) is 13.1 Å². The summed E-state index contributed by atoms with van der Waals surface area (Å²) >= 11 is 1.65. The van der Waals surface area contributed by atoms with Crippen molar-refractivity contribution in [3.63, 3.8) is 0 Å². The van der Waals surface area contributed by atoms with Gasteiger partial charge in [-0.2, -0.15) is 0 Å². The molecule has 3 heterocycles. The van der Waals surface area contributed by atoms with Gasteiger partial charge in [0.25, 0.3) is 5.91 Å². The molecule has 0 aromatic carbocycles. The Morgan fingerprint density at radius 2 is 2.24 bits per heavy atom. The van der Waals surface area contributed by atoms with Crippen LogP contribution in [0.15, 0.2) is 6.07 Å². The van der Waals surface area contributed by atoms with Crippen molar-refractivity contribution in [2.24, 2.45) is 0 Å². The average Bonchev–Trinajstić information content (AvgIpc) is 3.05. The normalized spacial score (nSPS) is 25.8. The highest BCUT2D eigenvalue weighted by Gasteiger charge is 2.36. The molecule has 1 N–H and O–H groups in total. The smallest absolute Gasteiger partial charge is 0.261 e. The number of carbonyl (C=O) groups is 1. The Morgan fingerprint density at radius 3 is 3.05 bits per heavy atom. The fraction of sp³-hybridized carbons (Fsp3) is 0.706. The van der Waals surface area contributed by atoms with E-state index in [1.54, 1.807) is 11.3 Å². The summed E-state index contributed by atoms with van der Waals surface area (Å²) in [4.78, 5) is 17.3. The molecule has 0 unspecified atom stereocenters. The Kier molecular flexibility index (Phi) is 4.65. The summed E-state index contributed by atoms with van der Waals surface area (Å²) in [5.41, 5.74) is 1.35. The van der Waals surface area contributed by atoms with Gasteiger partial charge in [-0.15, -0.1) is 11.3 Å². The van der Waals surface area contributed by atoms with Crippen molar-refractivity contribution in [3.05, 3.63) is 21.4 Å². The van der Waals surface area contributed by atoms with Crippen LogP contribution >= 0.6 is 11.3 Å². The van der Waals surface area contributed by atoms with Crippen LogP contribution in [0.1, 0.15) is 59.1 Å². The van der Waals surface area contributed by atoms with Crippen molar-refractivity contribution in [1.82, 2.24) is 10.2 Å². The van der Waals surface area contributed by atoms with Gasteiger partial charge in [0.05, 0.1) is 4.88 Å². The third-order valence-corrected chi connectivity index (χ3v) is 6.03. The van der Waals surface area contributed by atoms with Crippen LogP contribution in [-0.2, 0) is 6.42 Å². The number of hydrogen-bond donors (Lipinski definition) is 1. The van der Waals surface area contributed by atoms with Gasteiger partial charge in [0, 0.05) is 23.5 Å². The lowest BCUT2D eigenvalue weighted by Crippen LogP contribution is -2.46. The van der Waals surface area contributed by atoms with Crippen LogP contribution in [0.3, 0.4) is 0 Å². The number of nitrogens with zero attached hydrogens (tertiary/aromatic N) is 1. The molecule has 1 amide bonds. The van der Waals surface area contributed by atoms with E-state index in [4.69, 9.17) is 0 Å². The molecule has 0 saturated carbocycles. The van der Waals surface area contributed by atoms with Crippen LogP contribution in [-0.4, -0.2) is 36.0 Å². The molecule has 0 spiro atoms. The molecular formula is C17H26N2OS. The van der Waals surface area contributed by atoms with E-state index in [9.17, 15) is 4.79 Å². The SMILES string of the molecule is CCCc1cc(C(=O)N[C@@H]2CCN3CCCC[C@@H]23)sc1C. The van der Waals surface area contributed by atoms with E-state index in [2.05, 4.69) is 30.1 Å². The average molecular weight is 306 g/mol. The molecule has 4 heteroatoms. The van der Waals surface area contributed by atoms with Gasteiger partial charge in [0.1, 0.15) is 0 Å². The molecule has 1 aromatic rings. The fourth-order valence-electron chi connectivity index (χ4n) is 3.80. The van der Waals surface area contributed by atoms with Crippen molar-refractivity contribution >= 4 is 17.2 Å². The van der Waals surface area contributed by atoms with E-state index in [1.165, 1.54) is 36.2 Å². The largest absolute Gasteiger partial charge is 0.347 e. The molecule has 2 saturated heterocycles. The number of piperidine rings is 1. The minimum absolute atomic E-state index is 0.142. The van der Waals surface area contributed by atoms with Gasteiger partial charge in [0.15, 0.2) is 0 Å². The Hall–Kier alpha value is -0.870. The molecule has 116 valence electrons. The molecule has 2 atom stereocenters. The molecule has 2 aliphatic rings. The van der Waals surface area contributed by atoms with Crippen LogP contribution in [0.2, 0.25) is 0 Å². The zero-order valence-corrected chi connectivity index (χ0v) is 14.0. The van der Waals surface area contributed by atoms with Gasteiger partial charge in [-0.05, 0) is 50.8 Å². The van der Waals surface area contributed by atoms with Crippen molar-refractivity contribution in [2.45, 2.75) is 64.5 Å². The minimum Gasteiger partial charge on any atom is -0.347 e. The van der Waals surface area contributed by atoms with Crippen LogP contribution in [0.5, 0.6) is 0 Å².